The van der Waals surface area contributed by atoms with Crippen LogP contribution in [0.2, 0.25) is 0 Å². The summed E-state index contributed by atoms with van der Waals surface area (Å²) in [5.41, 5.74) is 4.35. The lowest BCUT2D eigenvalue weighted by Gasteiger charge is -2.21. The Morgan fingerprint density at radius 1 is 0.714 bits per heavy atom. The number of allylic oxidation sites excluding steroid dienone is 1. The van der Waals surface area contributed by atoms with Crippen molar-refractivity contribution in [3.63, 3.8) is 0 Å². The molecule has 35 heavy (non-hydrogen) atoms. The first kappa shape index (κ1) is 23.1. The normalized spacial score (nSPS) is 18.3. The van der Waals surface area contributed by atoms with Crippen LogP contribution >= 0.6 is 0 Å². The lowest BCUT2D eigenvalue weighted by atomic mass is 9.90. The fourth-order valence-corrected chi connectivity index (χ4v) is 4.43. The van der Waals surface area contributed by atoms with Gasteiger partial charge in [-0.15, -0.1) is 0 Å². The molecule has 0 amide bonds. The first-order valence-electron chi connectivity index (χ1n) is 12.4. The Balaban J connectivity index is 0.000000145. The molecular weight excluding hydrogens is 438 g/mol. The molecule has 0 aromatic heterocycles. The maximum Gasteiger partial charge on any atom is 0.227 e. The summed E-state index contributed by atoms with van der Waals surface area (Å²) in [6, 6.07) is 20.4. The van der Waals surface area contributed by atoms with E-state index in [-0.39, 0.29) is 23.3 Å². The summed E-state index contributed by atoms with van der Waals surface area (Å²) in [7, 11) is 0. The molecule has 1 aliphatic carbocycles. The first-order valence-corrected chi connectivity index (χ1v) is 12.4. The van der Waals surface area contributed by atoms with E-state index in [0.717, 1.165) is 52.1 Å². The molecule has 180 valence electrons. The highest BCUT2D eigenvalue weighted by atomic mass is 16.1. The highest BCUT2D eigenvalue weighted by Crippen LogP contribution is 2.33. The molecule has 0 bridgehead atoms. The van der Waals surface area contributed by atoms with Crippen LogP contribution in [-0.2, 0) is 27.2 Å². The van der Waals surface area contributed by atoms with Gasteiger partial charge in [-0.25, -0.2) is 0 Å². The average molecular weight is 470 g/mol. The number of Topliss-reactive ketones (excluding diaryl/α,β-unsaturated/α-hetero) is 2. The third-order valence-corrected chi connectivity index (χ3v) is 6.71. The van der Waals surface area contributed by atoms with Crippen LogP contribution in [0.25, 0.3) is 0 Å². The second kappa shape index (κ2) is 9.90. The minimum Gasteiger partial charge on any atom is -0.365 e. The molecule has 0 N–H and O–H groups in total. The van der Waals surface area contributed by atoms with Crippen LogP contribution in [0.4, 0.5) is 0 Å². The van der Waals surface area contributed by atoms with Gasteiger partial charge in [0.1, 0.15) is 17.2 Å². The molecule has 6 rings (SSSR count). The number of carbonyl (C=O) groups is 3. The van der Waals surface area contributed by atoms with E-state index < -0.39 is 0 Å². The van der Waals surface area contributed by atoms with E-state index in [1.54, 1.807) is 6.92 Å². The molecule has 0 radical (unpaired) electrons. The highest BCUT2D eigenvalue weighted by Gasteiger charge is 2.43. The van der Waals surface area contributed by atoms with Crippen LogP contribution in [0.3, 0.4) is 0 Å². The zero-order valence-corrected chi connectivity index (χ0v) is 20.2. The van der Waals surface area contributed by atoms with Gasteiger partial charge in [0, 0.05) is 51.3 Å². The van der Waals surface area contributed by atoms with Crippen LogP contribution in [0.1, 0.15) is 18.1 Å². The third-order valence-electron chi connectivity index (χ3n) is 6.71. The Morgan fingerprint density at radius 2 is 1.17 bits per heavy atom. The van der Waals surface area contributed by atoms with E-state index in [0.29, 0.717) is 17.1 Å². The van der Waals surface area contributed by atoms with Crippen molar-refractivity contribution in [1.82, 2.24) is 14.7 Å². The number of ketones is 3. The number of benzene rings is 2. The Kier molecular flexibility index (Phi) is 6.53. The van der Waals surface area contributed by atoms with Gasteiger partial charge in [0.2, 0.25) is 11.6 Å². The molecule has 3 fully saturated rings. The van der Waals surface area contributed by atoms with Gasteiger partial charge in [0.15, 0.2) is 0 Å². The van der Waals surface area contributed by atoms with E-state index >= 15 is 0 Å². The number of rotatable bonds is 8. The van der Waals surface area contributed by atoms with E-state index in [2.05, 4.69) is 24.3 Å². The third kappa shape index (κ3) is 5.70. The van der Waals surface area contributed by atoms with Crippen molar-refractivity contribution in [3.05, 3.63) is 95.0 Å². The summed E-state index contributed by atoms with van der Waals surface area (Å²) in [5.74, 6) is 0.393. The van der Waals surface area contributed by atoms with Crippen molar-refractivity contribution in [3.8, 4) is 0 Å². The predicted molar refractivity (Wildman–Crippen MR) is 134 cm³/mol. The zero-order chi connectivity index (χ0) is 24.4. The van der Waals surface area contributed by atoms with Crippen LogP contribution in [-0.4, -0.2) is 71.3 Å². The van der Waals surface area contributed by atoms with Crippen molar-refractivity contribution in [2.45, 2.75) is 19.8 Å². The van der Waals surface area contributed by atoms with Gasteiger partial charge in [-0.3, -0.25) is 14.4 Å². The molecule has 0 unspecified atom stereocenters. The highest BCUT2D eigenvalue weighted by molar-refractivity contribution is 6.22. The summed E-state index contributed by atoms with van der Waals surface area (Å²) >= 11 is 0. The van der Waals surface area contributed by atoms with Crippen LogP contribution < -0.4 is 0 Å². The number of hydrogen-bond donors (Lipinski definition) is 0. The van der Waals surface area contributed by atoms with Crippen molar-refractivity contribution < 1.29 is 14.4 Å². The first-order chi connectivity index (χ1) is 17.0. The van der Waals surface area contributed by atoms with Crippen molar-refractivity contribution in [2.75, 3.05) is 39.3 Å². The van der Waals surface area contributed by atoms with E-state index in [9.17, 15) is 14.4 Å². The van der Waals surface area contributed by atoms with Gasteiger partial charge in [-0.1, -0.05) is 60.7 Å². The quantitative estimate of drug-likeness (QED) is 0.438. The molecule has 6 nitrogen and oxygen atoms in total. The van der Waals surface area contributed by atoms with E-state index in [4.69, 9.17) is 0 Å². The Hall–Kier alpha value is -3.67. The van der Waals surface area contributed by atoms with E-state index in [1.807, 2.05) is 51.1 Å². The van der Waals surface area contributed by atoms with Gasteiger partial charge in [-0.2, -0.15) is 0 Å². The summed E-state index contributed by atoms with van der Waals surface area (Å²) in [6.45, 7) is 7.10. The SMILES string of the molecule is CC(=O)C(Cc1ccccc1)Cc1ccccc1.O=C1C=C(N2CC2)C(=O)C(N2CC2)=C1N1CC1. The molecule has 2 aromatic rings. The fraction of sp³-hybridized carbons (Fsp3) is 0.345. The van der Waals surface area contributed by atoms with Crippen molar-refractivity contribution >= 4 is 17.3 Å². The molecular formula is C29H31N3O3. The van der Waals surface area contributed by atoms with Gasteiger partial charge >= 0.3 is 0 Å². The van der Waals surface area contributed by atoms with Crippen molar-refractivity contribution in [1.29, 1.82) is 0 Å². The smallest absolute Gasteiger partial charge is 0.227 e. The predicted octanol–water partition coefficient (Wildman–Crippen LogP) is 2.86. The second-order valence-electron chi connectivity index (χ2n) is 9.57. The Labute approximate surface area is 206 Å². The molecule has 3 heterocycles. The summed E-state index contributed by atoms with van der Waals surface area (Å²) in [6.07, 6.45) is 3.17. The minimum atomic E-state index is 0.00546. The fourth-order valence-electron chi connectivity index (χ4n) is 4.43. The number of nitrogens with zero attached hydrogens (tertiary/aromatic N) is 3. The van der Waals surface area contributed by atoms with Crippen LogP contribution in [0.5, 0.6) is 0 Å². The largest absolute Gasteiger partial charge is 0.365 e. The Morgan fingerprint density at radius 3 is 1.60 bits per heavy atom. The standard InChI is InChI=1S/C17H18O.C12H13N3O2/c1-14(18)17(12-15-8-4-2-5-9-15)13-16-10-6-3-7-11-16;16-9-7-8(13-1-2-13)12(17)11(15-5-6-15)10(9)14-3-4-14/h2-11,17H,12-13H2,1H3;7H,1-6H2. The molecule has 3 saturated heterocycles. The number of carbonyl (C=O) groups excluding carboxylic acids is 3. The molecule has 6 heteroatoms. The van der Waals surface area contributed by atoms with Gasteiger partial charge in [-0.05, 0) is 30.9 Å². The summed E-state index contributed by atoms with van der Waals surface area (Å²) in [4.78, 5) is 42.2. The lowest BCUT2D eigenvalue weighted by Crippen LogP contribution is -2.29. The average Bonchev–Trinajstić information content (AvgIpc) is 3.71. The number of hydrogen-bond acceptors (Lipinski definition) is 6. The molecule has 0 saturated carbocycles. The monoisotopic (exact) mass is 469 g/mol. The maximum atomic E-state index is 12.4. The minimum absolute atomic E-state index is 0.00546. The Bertz CT molecular complexity index is 1130. The van der Waals surface area contributed by atoms with Gasteiger partial charge < -0.3 is 14.7 Å². The molecule has 4 aliphatic rings. The summed E-state index contributed by atoms with van der Waals surface area (Å²) in [5, 5.41) is 0. The van der Waals surface area contributed by atoms with Crippen LogP contribution in [0.15, 0.2) is 83.8 Å². The molecule has 3 aliphatic heterocycles. The van der Waals surface area contributed by atoms with Crippen LogP contribution in [0, 0.1) is 5.92 Å². The lowest BCUT2D eigenvalue weighted by molar-refractivity contribution is -0.120. The molecule has 2 aromatic carbocycles. The molecule has 0 atom stereocenters. The summed E-state index contributed by atoms with van der Waals surface area (Å²) < 4.78 is 0. The topological polar surface area (TPSA) is 60.2 Å². The van der Waals surface area contributed by atoms with E-state index in [1.165, 1.54) is 17.2 Å². The zero-order valence-electron chi connectivity index (χ0n) is 20.2. The van der Waals surface area contributed by atoms with Gasteiger partial charge in [0.05, 0.1) is 5.70 Å². The van der Waals surface area contributed by atoms with Crippen molar-refractivity contribution in [2.24, 2.45) is 5.92 Å². The second-order valence-corrected chi connectivity index (χ2v) is 9.57. The molecule has 0 spiro atoms. The van der Waals surface area contributed by atoms with Gasteiger partial charge in [0.25, 0.3) is 0 Å². The maximum absolute atomic E-state index is 12.4.